The molecule has 2 aromatic rings. The smallest absolute Gasteiger partial charge is 0.275 e. The van der Waals surface area contributed by atoms with Crippen molar-refractivity contribution in [3.8, 4) is 0 Å². The Morgan fingerprint density at radius 3 is 2.39 bits per heavy atom. The summed E-state index contributed by atoms with van der Waals surface area (Å²) in [4.78, 5) is 29.4. The predicted octanol–water partition coefficient (Wildman–Crippen LogP) is 0.585. The highest BCUT2D eigenvalue weighted by Gasteiger charge is 2.08. The molecule has 0 bridgehead atoms. The summed E-state index contributed by atoms with van der Waals surface area (Å²) in [5, 5.41) is 2.64. The molecule has 0 aliphatic rings. The van der Waals surface area contributed by atoms with Crippen LogP contribution in [0, 0.1) is 0 Å². The molecule has 0 aliphatic heterocycles. The molecule has 2 heterocycles. The minimum absolute atomic E-state index is 0.245. The molecular weight excluding hydrogens is 232 g/mol. The number of carbonyl (C=O) groups excluding carboxylic acids is 1. The molecule has 0 fully saturated rings. The Morgan fingerprint density at radius 1 is 1.11 bits per heavy atom. The minimum atomic E-state index is -0.343. The summed E-state index contributed by atoms with van der Waals surface area (Å²) >= 11 is 0. The molecule has 92 valence electrons. The topological polar surface area (TPSA) is 83.9 Å². The molecule has 0 unspecified atom stereocenters. The van der Waals surface area contributed by atoms with Gasteiger partial charge in [0.25, 0.3) is 5.91 Å². The largest absolute Gasteiger partial charge is 0.347 e. The highest BCUT2D eigenvalue weighted by molar-refractivity contribution is 6.02. The number of anilines is 2. The van der Waals surface area contributed by atoms with Crippen LogP contribution in [0.1, 0.15) is 10.5 Å². The molecule has 2 rings (SSSR count). The predicted molar refractivity (Wildman–Crippen MR) is 66.3 cm³/mol. The van der Waals surface area contributed by atoms with Crippen molar-refractivity contribution in [3.63, 3.8) is 0 Å². The summed E-state index contributed by atoms with van der Waals surface area (Å²) in [7, 11) is 3.68. The first-order valence-electron chi connectivity index (χ1n) is 5.23. The Kier molecular flexibility index (Phi) is 3.42. The van der Waals surface area contributed by atoms with Crippen LogP contribution in [0.2, 0.25) is 0 Å². The van der Waals surface area contributed by atoms with Crippen molar-refractivity contribution in [1.29, 1.82) is 0 Å². The van der Waals surface area contributed by atoms with Crippen molar-refractivity contribution in [2.45, 2.75) is 0 Å². The number of hydrogen-bond acceptors (Lipinski definition) is 6. The third-order valence-corrected chi connectivity index (χ3v) is 2.09. The molecular formula is C11H12N6O. The zero-order valence-corrected chi connectivity index (χ0v) is 10.0. The normalized spacial score (nSPS) is 9.89. The van der Waals surface area contributed by atoms with E-state index in [2.05, 4.69) is 25.3 Å². The number of aromatic nitrogens is 4. The van der Waals surface area contributed by atoms with Crippen molar-refractivity contribution in [2.24, 2.45) is 0 Å². The first kappa shape index (κ1) is 11.9. The van der Waals surface area contributed by atoms with Crippen LogP contribution in [0.4, 0.5) is 11.6 Å². The van der Waals surface area contributed by atoms with Gasteiger partial charge in [-0.05, 0) is 0 Å². The van der Waals surface area contributed by atoms with E-state index in [-0.39, 0.29) is 11.6 Å². The van der Waals surface area contributed by atoms with Crippen molar-refractivity contribution < 1.29 is 4.79 Å². The third-order valence-electron chi connectivity index (χ3n) is 2.09. The van der Waals surface area contributed by atoms with Gasteiger partial charge in [0.2, 0.25) is 5.95 Å². The summed E-state index contributed by atoms with van der Waals surface area (Å²) in [5.74, 6) is 0.233. The van der Waals surface area contributed by atoms with Gasteiger partial charge in [-0.2, -0.15) is 0 Å². The molecule has 0 spiro atoms. The first-order chi connectivity index (χ1) is 8.66. The second-order valence-electron chi connectivity index (χ2n) is 3.71. The van der Waals surface area contributed by atoms with E-state index in [1.165, 1.54) is 31.0 Å². The first-order valence-corrected chi connectivity index (χ1v) is 5.23. The van der Waals surface area contributed by atoms with Crippen LogP contribution in [0.5, 0.6) is 0 Å². The van der Waals surface area contributed by atoms with Gasteiger partial charge in [0.1, 0.15) is 5.69 Å². The quantitative estimate of drug-likeness (QED) is 0.850. The number of nitrogens with zero attached hydrogens (tertiary/aromatic N) is 5. The second kappa shape index (κ2) is 5.17. The Morgan fingerprint density at radius 2 is 1.83 bits per heavy atom. The number of amides is 1. The van der Waals surface area contributed by atoms with Crippen LogP contribution in [0.3, 0.4) is 0 Å². The molecule has 0 saturated carbocycles. The van der Waals surface area contributed by atoms with Gasteiger partial charge in [-0.25, -0.2) is 15.0 Å². The zero-order chi connectivity index (χ0) is 13.0. The summed E-state index contributed by atoms with van der Waals surface area (Å²) in [6.07, 6.45) is 7.43. The van der Waals surface area contributed by atoms with E-state index in [1.54, 1.807) is 4.90 Å². The lowest BCUT2D eigenvalue weighted by molar-refractivity contribution is 0.102. The number of hydrogen-bond donors (Lipinski definition) is 1. The van der Waals surface area contributed by atoms with Crippen molar-refractivity contribution in [1.82, 2.24) is 19.9 Å². The lowest BCUT2D eigenvalue weighted by Crippen LogP contribution is -2.16. The van der Waals surface area contributed by atoms with Crippen LogP contribution in [0.15, 0.2) is 31.0 Å². The van der Waals surface area contributed by atoms with E-state index in [9.17, 15) is 4.79 Å². The van der Waals surface area contributed by atoms with E-state index < -0.39 is 0 Å². The van der Waals surface area contributed by atoms with Crippen LogP contribution in [0.25, 0.3) is 0 Å². The molecule has 0 aliphatic carbocycles. The van der Waals surface area contributed by atoms with Gasteiger partial charge in [0, 0.05) is 26.5 Å². The molecule has 0 atom stereocenters. The average molecular weight is 244 g/mol. The summed E-state index contributed by atoms with van der Waals surface area (Å²) in [6, 6.07) is 0. The molecule has 18 heavy (non-hydrogen) atoms. The van der Waals surface area contributed by atoms with Crippen LogP contribution >= 0.6 is 0 Å². The molecule has 7 heteroatoms. The fourth-order valence-electron chi connectivity index (χ4n) is 1.23. The van der Waals surface area contributed by atoms with E-state index in [1.807, 2.05) is 14.1 Å². The van der Waals surface area contributed by atoms with Gasteiger partial charge in [0.05, 0.1) is 24.3 Å². The summed E-state index contributed by atoms with van der Waals surface area (Å²) < 4.78 is 0. The van der Waals surface area contributed by atoms with Crippen molar-refractivity contribution in [2.75, 3.05) is 24.3 Å². The number of carbonyl (C=O) groups is 1. The maximum absolute atomic E-state index is 11.8. The molecule has 0 aromatic carbocycles. The summed E-state index contributed by atoms with van der Waals surface area (Å²) in [6.45, 7) is 0. The van der Waals surface area contributed by atoms with Crippen LogP contribution < -0.4 is 10.2 Å². The Balaban J connectivity index is 2.08. The monoisotopic (exact) mass is 244 g/mol. The second-order valence-corrected chi connectivity index (χ2v) is 3.71. The number of rotatable bonds is 3. The van der Waals surface area contributed by atoms with Gasteiger partial charge in [-0.15, -0.1) is 0 Å². The molecule has 7 nitrogen and oxygen atoms in total. The number of nitrogens with one attached hydrogen (secondary N) is 1. The van der Waals surface area contributed by atoms with E-state index in [4.69, 9.17) is 0 Å². The highest BCUT2D eigenvalue weighted by atomic mass is 16.1. The molecule has 0 saturated heterocycles. The van der Waals surface area contributed by atoms with E-state index in [0.717, 1.165) is 0 Å². The van der Waals surface area contributed by atoms with Gasteiger partial charge in [-0.1, -0.05) is 0 Å². The fourth-order valence-corrected chi connectivity index (χ4v) is 1.23. The molecule has 1 amide bonds. The average Bonchev–Trinajstić information content (AvgIpc) is 2.40. The Bertz CT molecular complexity index is 525. The van der Waals surface area contributed by atoms with Gasteiger partial charge in [-0.3, -0.25) is 9.78 Å². The third kappa shape index (κ3) is 2.76. The standard InChI is InChI=1S/C11H12N6O/c1-17(2)11-14-5-8(6-15-11)16-10(18)9-7-12-3-4-13-9/h3-7H,1-2H3,(H,16,18). The van der Waals surface area contributed by atoms with Gasteiger partial charge in [0.15, 0.2) is 0 Å². The van der Waals surface area contributed by atoms with Crippen molar-refractivity contribution >= 4 is 17.5 Å². The zero-order valence-electron chi connectivity index (χ0n) is 10.0. The lowest BCUT2D eigenvalue weighted by atomic mass is 10.4. The molecule has 0 radical (unpaired) electrons. The molecule has 2 aromatic heterocycles. The van der Waals surface area contributed by atoms with Gasteiger partial charge >= 0.3 is 0 Å². The maximum Gasteiger partial charge on any atom is 0.275 e. The maximum atomic E-state index is 11.8. The molecule has 1 N–H and O–H groups in total. The minimum Gasteiger partial charge on any atom is -0.347 e. The van der Waals surface area contributed by atoms with Crippen LogP contribution in [-0.2, 0) is 0 Å². The Hall–Kier alpha value is -2.57. The fraction of sp³-hybridized carbons (Fsp3) is 0.182. The van der Waals surface area contributed by atoms with Gasteiger partial charge < -0.3 is 10.2 Å². The Labute approximate surface area is 104 Å². The van der Waals surface area contributed by atoms with E-state index >= 15 is 0 Å². The summed E-state index contributed by atoms with van der Waals surface area (Å²) in [5.41, 5.74) is 0.755. The van der Waals surface area contributed by atoms with Crippen LogP contribution in [-0.4, -0.2) is 39.9 Å². The highest BCUT2D eigenvalue weighted by Crippen LogP contribution is 2.08. The van der Waals surface area contributed by atoms with Crippen molar-refractivity contribution in [3.05, 3.63) is 36.7 Å². The SMILES string of the molecule is CN(C)c1ncc(NC(=O)c2cnccn2)cn1. The lowest BCUT2D eigenvalue weighted by Gasteiger charge is -2.10. The van der Waals surface area contributed by atoms with E-state index in [0.29, 0.717) is 11.6 Å².